The van der Waals surface area contributed by atoms with E-state index >= 15 is 0 Å². The number of anilines is 1. The highest BCUT2D eigenvalue weighted by atomic mass is 15.2. The number of rotatable bonds is 3. The summed E-state index contributed by atoms with van der Waals surface area (Å²) in [6.07, 6.45) is 0. The monoisotopic (exact) mass is 193 g/mol. The molecule has 1 heterocycles. The predicted octanol–water partition coefficient (Wildman–Crippen LogP) is 1.62. The quantitative estimate of drug-likeness (QED) is 0.739. The van der Waals surface area contributed by atoms with Crippen molar-refractivity contribution in [2.24, 2.45) is 0 Å². The average molecular weight is 193 g/mol. The van der Waals surface area contributed by atoms with Crippen molar-refractivity contribution in [1.29, 1.82) is 0 Å². The molecular formula is C11H19N3. The molecule has 14 heavy (non-hydrogen) atoms. The first-order valence-electron chi connectivity index (χ1n) is 4.87. The Hall–Kier alpha value is -1.09. The van der Waals surface area contributed by atoms with Gasteiger partial charge in [0, 0.05) is 12.7 Å². The van der Waals surface area contributed by atoms with Crippen LogP contribution in [0.4, 0.5) is 5.82 Å². The number of hydrogen-bond acceptors (Lipinski definition) is 3. The van der Waals surface area contributed by atoms with Crippen molar-refractivity contribution < 1.29 is 0 Å². The van der Waals surface area contributed by atoms with Gasteiger partial charge in [-0.1, -0.05) is 0 Å². The molecule has 3 nitrogen and oxygen atoms in total. The molecule has 0 bridgehead atoms. The largest absolute Gasteiger partial charge is 0.347 e. The smallest absolute Gasteiger partial charge is 0.129 e. The average Bonchev–Trinajstić information content (AvgIpc) is 2.13. The lowest BCUT2D eigenvalue weighted by Gasteiger charge is -2.19. The molecular weight excluding hydrogens is 174 g/mol. The molecule has 0 saturated carbocycles. The molecule has 0 aliphatic heterocycles. The van der Waals surface area contributed by atoms with Crippen molar-refractivity contribution in [2.75, 3.05) is 25.7 Å². The zero-order valence-electron chi connectivity index (χ0n) is 9.68. The Labute approximate surface area is 86.2 Å². The van der Waals surface area contributed by atoms with E-state index in [2.05, 4.69) is 42.0 Å². The molecule has 0 aliphatic rings. The van der Waals surface area contributed by atoms with Gasteiger partial charge in [0.2, 0.25) is 0 Å². The molecule has 0 radical (unpaired) electrons. The molecule has 0 atom stereocenters. The molecule has 1 rings (SSSR count). The van der Waals surface area contributed by atoms with E-state index in [4.69, 9.17) is 0 Å². The summed E-state index contributed by atoms with van der Waals surface area (Å²) in [5.41, 5.74) is 3.70. The van der Waals surface area contributed by atoms with E-state index in [0.29, 0.717) is 0 Å². The normalized spacial score (nSPS) is 10.4. The lowest BCUT2D eigenvalue weighted by Crippen LogP contribution is -2.29. The minimum Gasteiger partial charge on any atom is -0.347 e. The second-order valence-electron chi connectivity index (χ2n) is 3.72. The van der Waals surface area contributed by atoms with Crippen LogP contribution in [-0.4, -0.2) is 25.7 Å². The van der Waals surface area contributed by atoms with Crippen LogP contribution in [0.2, 0.25) is 0 Å². The summed E-state index contributed by atoms with van der Waals surface area (Å²) < 4.78 is 0. The fourth-order valence-electron chi connectivity index (χ4n) is 1.39. The van der Waals surface area contributed by atoms with E-state index in [1.165, 1.54) is 11.1 Å². The first-order valence-corrected chi connectivity index (χ1v) is 4.87. The highest BCUT2D eigenvalue weighted by Crippen LogP contribution is 2.16. The fourth-order valence-corrected chi connectivity index (χ4v) is 1.39. The zero-order chi connectivity index (χ0) is 10.7. The molecule has 78 valence electrons. The standard InChI is InChI=1S/C11H19N3/c1-8-6-11(14(5)7-12-4)13-10(3)9(8)2/h6,12H,7H2,1-5H3. The van der Waals surface area contributed by atoms with Crippen LogP contribution >= 0.6 is 0 Å². The third kappa shape index (κ3) is 2.23. The maximum absolute atomic E-state index is 4.54. The molecule has 0 unspecified atom stereocenters. The number of nitrogens with zero attached hydrogens (tertiary/aromatic N) is 2. The second kappa shape index (κ2) is 4.42. The maximum atomic E-state index is 4.54. The Bertz CT molecular complexity index is 297. The maximum Gasteiger partial charge on any atom is 0.129 e. The van der Waals surface area contributed by atoms with Crippen LogP contribution in [0.5, 0.6) is 0 Å². The SMILES string of the molecule is CNCN(C)c1cc(C)c(C)c(C)n1. The van der Waals surface area contributed by atoms with Crippen molar-refractivity contribution >= 4 is 5.82 Å². The lowest BCUT2D eigenvalue weighted by atomic mass is 10.1. The Morgan fingerprint density at radius 3 is 2.50 bits per heavy atom. The van der Waals surface area contributed by atoms with Crippen LogP contribution in [0.1, 0.15) is 16.8 Å². The van der Waals surface area contributed by atoms with Crippen LogP contribution in [0, 0.1) is 20.8 Å². The van der Waals surface area contributed by atoms with E-state index in [1.807, 2.05) is 14.1 Å². The number of aromatic nitrogens is 1. The van der Waals surface area contributed by atoms with Gasteiger partial charge in [-0.15, -0.1) is 0 Å². The van der Waals surface area contributed by atoms with Gasteiger partial charge in [-0.3, -0.25) is 0 Å². The van der Waals surface area contributed by atoms with Crippen LogP contribution in [0.3, 0.4) is 0 Å². The molecule has 1 N–H and O–H groups in total. The Balaban J connectivity index is 3.00. The van der Waals surface area contributed by atoms with Gasteiger partial charge in [0.1, 0.15) is 5.82 Å². The number of nitrogens with one attached hydrogen (secondary N) is 1. The van der Waals surface area contributed by atoms with Gasteiger partial charge in [-0.05, 0) is 45.0 Å². The van der Waals surface area contributed by atoms with Gasteiger partial charge in [-0.25, -0.2) is 4.98 Å². The molecule has 0 spiro atoms. The van der Waals surface area contributed by atoms with Crippen LogP contribution < -0.4 is 10.2 Å². The Morgan fingerprint density at radius 2 is 2.00 bits per heavy atom. The van der Waals surface area contributed by atoms with Crippen molar-refractivity contribution in [3.8, 4) is 0 Å². The number of pyridine rings is 1. The third-order valence-electron chi connectivity index (χ3n) is 2.55. The fraction of sp³-hybridized carbons (Fsp3) is 0.545. The Morgan fingerprint density at radius 1 is 1.36 bits per heavy atom. The summed E-state index contributed by atoms with van der Waals surface area (Å²) in [4.78, 5) is 6.63. The highest BCUT2D eigenvalue weighted by molar-refractivity contribution is 5.44. The first-order chi connectivity index (χ1) is 6.56. The van der Waals surface area contributed by atoms with Crippen molar-refractivity contribution in [2.45, 2.75) is 20.8 Å². The van der Waals surface area contributed by atoms with Gasteiger partial charge < -0.3 is 10.2 Å². The summed E-state index contributed by atoms with van der Waals surface area (Å²) >= 11 is 0. The van der Waals surface area contributed by atoms with Crippen molar-refractivity contribution in [3.05, 3.63) is 22.9 Å². The van der Waals surface area contributed by atoms with Crippen LogP contribution in [0.15, 0.2) is 6.07 Å². The van der Waals surface area contributed by atoms with E-state index in [1.54, 1.807) is 0 Å². The predicted molar refractivity (Wildman–Crippen MR) is 60.8 cm³/mol. The highest BCUT2D eigenvalue weighted by Gasteiger charge is 2.05. The minimum absolute atomic E-state index is 0.814. The summed E-state index contributed by atoms with van der Waals surface area (Å²) in [5, 5.41) is 3.11. The molecule has 0 aliphatic carbocycles. The topological polar surface area (TPSA) is 28.2 Å². The van der Waals surface area contributed by atoms with E-state index in [9.17, 15) is 0 Å². The van der Waals surface area contributed by atoms with E-state index in [-0.39, 0.29) is 0 Å². The van der Waals surface area contributed by atoms with E-state index in [0.717, 1.165) is 18.2 Å². The van der Waals surface area contributed by atoms with Crippen molar-refractivity contribution in [1.82, 2.24) is 10.3 Å². The summed E-state index contributed by atoms with van der Waals surface area (Å²) in [5.74, 6) is 1.03. The number of hydrogen-bond donors (Lipinski definition) is 1. The third-order valence-corrected chi connectivity index (χ3v) is 2.55. The summed E-state index contributed by atoms with van der Waals surface area (Å²) in [6.45, 7) is 7.11. The molecule has 3 heteroatoms. The van der Waals surface area contributed by atoms with Crippen molar-refractivity contribution in [3.63, 3.8) is 0 Å². The van der Waals surface area contributed by atoms with Gasteiger partial charge >= 0.3 is 0 Å². The molecule has 0 fully saturated rings. The summed E-state index contributed by atoms with van der Waals surface area (Å²) in [7, 11) is 3.97. The molecule has 0 aromatic carbocycles. The van der Waals surface area contributed by atoms with Crippen LogP contribution in [-0.2, 0) is 0 Å². The molecule has 1 aromatic heterocycles. The van der Waals surface area contributed by atoms with Gasteiger partial charge in [0.05, 0.1) is 6.67 Å². The van der Waals surface area contributed by atoms with Crippen LogP contribution in [0.25, 0.3) is 0 Å². The van der Waals surface area contributed by atoms with Gasteiger partial charge in [0.25, 0.3) is 0 Å². The zero-order valence-corrected chi connectivity index (χ0v) is 9.68. The van der Waals surface area contributed by atoms with Gasteiger partial charge in [0.15, 0.2) is 0 Å². The number of aryl methyl sites for hydroxylation is 2. The first kappa shape index (κ1) is 11.0. The van der Waals surface area contributed by atoms with Gasteiger partial charge in [-0.2, -0.15) is 0 Å². The molecule has 0 amide bonds. The molecule has 1 aromatic rings. The summed E-state index contributed by atoms with van der Waals surface area (Å²) in [6, 6.07) is 2.12. The Kier molecular flexibility index (Phi) is 3.47. The van der Waals surface area contributed by atoms with E-state index < -0.39 is 0 Å². The lowest BCUT2D eigenvalue weighted by molar-refractivity contribution is 0.764. The molecule has 0 saturated heterocycles. The minimum atomic E-state index is 0.814. The second-order valence-corrected chi connectivity index (χ2v) is 3.72.